The number of ether oxygens (including phenoxy) is 1. The van der Waals surface area contributed by atoms with Gasteiger partial charge < -0.3 is 14.7 Å². The molecule has 0 saturated carbocycles. The van der Waals surface area contributed by atoms with E-state index in [9.17, 15) is 18.7 Å². The van der Waals surface area contributed by atoms with Gasteiger partial charge >= 0.3 is 6.09 Å². The van der Waals surface area contributed by atoms with Crippen LogP contribution in [0.15, 0.2) is 6.07 Å². The van der Waals surface area contributed by atoms with Crippen molar-refractivity contribution in [2.24, 2.45) is 0 Å². The molecule has 0 aromatic carbocycles. The van der Waals surface area contributed by atoms with Gasteiger partial charge in [-0.2, -0.15) is 0 Å². The fourth-order valence-corrected chi connectivity index (χ4v) is 4.96. The lowest BCUT2D eigenvalue weighted by molar-refractivity contribution is -0.104. The number of hydrogen-bond acceptors (Lipinski definition) is 3. The maximum atomic E-state index is 12.6. The van der Waals surface area contributed by atoms with Crippen molar-refractivity contribution in [3.05, 3.63) is 21.4 Å². The lowest BCUT2D eigenvalue weighted by Gasteiger charge is -2.46. The van der Waals surface area contributed by atoms with Crippen LogP contribution in [0.5, 0.6) is 0 Å². The third-order valence-corrected chi connectivity index (χ3v) is 5.92. The van der Waals surface area contributed by atoms with Crippen molar-refractivity contribution in [3.63, 3.8) is 0 Å². The molecule has 0 bridgehead atoms. The second kappa shape index (κ2) is 5.77. The SMILES string of the molecule is CC1CC2(CCN1C(=O)O)OCCc1cc(CC(F)F)sc12. The molecule has 3 rings (SSSR count). The third-order valence-electron chi connectivity index (χ3n) is 4.54. The van der Waals surface area contributed by atoms with Gasteiger partial charge in [-0.3, -0.25) is 0 Å². The van der Waals surface area contributed by atoms with Crippen LogP contribution in [0.1, 0.15) is 35.1 Å². The Balaban J connectivity index is 1.88. The molecule has 7 heteroatoms. The summed E-state index contributed by atoms with van der Waals surface area (Å²) in [6.45, 7) is 2.86. The first-order valence-electron chi connectivity index (χ1n) is 7.45. The van der Waals surface area contributed by atoms with Crippen molar-refractivity contribution in [1.29, 1.82) is 0 Å². The number of thiophene rings is 1. The van der Waals surface area contributed by atoms with Crippen molar-refractivity contribution >= 4 is 17.4 Å². The number of rotatable bonds is 2. The van der Waals surface area contributed by atoms with E-state index in [2.05, 4.69) is 0 Å². The Hall–Kier alpha value is -1.21. The van der Waals surface area contributed by atoms with Gasteiger partial charge in [0, 0.05) is 35.2 Å². The van der Waals surface area contributed by atoms with E-state index in [4.69, 9.17) is 4.74 Å². The van der Waals surface area contributed by atoms with Crippen LogP contribution in [0.4, 0.5) is 13.6 Å². The van der Waals surface area contributed by atoms with Gasteiger partial charge in [0.1, 0.15) is 5.60 Å². The van der Waals surface area contributed by atoms with Gasteiger partial charge in [0.2, 0.25) is 6.43 Å². The second-order valence-electron chi connectivity index (χ2n) is 6.03. The Kier molecular flexibility index (Phi) is 4.11. The number of halogens is 2. The highest BCUT2D eigenvalue weighted by molar-refractivity contribution is 7.12. The van der Waals surface area contributed by atoms with E-state index in [1.54, 1.807) is 0 Å². The molecular weight excluding hydrogens is 312 g/mol. The van der Waals surface area contributed by atoms with E-state index in [-0.39, 0.29) is 12.5 Å². The molecule has 1 aromatic heterocycles. The Morgan fingerprint density at radius 2 is 2.41 bits per heavy atom. The fourth-order valence-electron chi connectivity index (χ4n) is 3.56. The number of likely N-dealkylation sites (tertiary alicyclic amines) is 1. The molecule has 3 heterocycles. The Morgan fingerprint density at radius 3 is 3.05 bits per heavy atom. The molecule has 1 amide bonds. The van der Waals surface area contributed by atoms with Crippen LogP contribution in [-0.4, -0.2) is 41.7 Å². The van der Waals surface area contributed by atoms with E-state index >= 15 is 0 Å². The van der Waals surface area contributed by atoms with Crippen LogP contribution in [0.25, 0.3) is 0 Å². The number of piperidine rings is 1. The van der Waals surface area contributed by atoms with Gasteiger partial charge in [-0.25, -0.2) is 13.6 Å². The highest BCUT2D eigenvalue weighted by atomic mass is 32.1. The molecule has 0 radical (unpaired) electrons. The molecular formula is C15H19F2NO3S. The maximum absolute atomic E-state index is 12.6. The van der Waals surface area contributed by atoms with Gasteiger partial charge in [-0.15, -0.1) is 11.3 Å². The first kappa shape index (κ1) is 15.7. The summed E-state index contributed by atoms with van der Waals surface area (Å²) in [5.74, 6) is 0. The summed E-state index contributed by atoms with van der Waals surface area (Å²) in [7, 11) is 0. The quantitative estimate of drug-likeness (QED) is 0.902. The van der Waals surface area contributed by atoms with Crippen LogP contribution in [0.2, 0.25) is 0 Å². The predicted octanol–water partition coefficient (Wildman–Crippen LogP) is 3.49. The predicted molar refractivity (Wildman–Crippen MR) is 78.8 cm³/mol. The number of carboxylic acid groups (broad SMARTS) is 1. The van der Waals surface area contributed by atoms with E-state index in [1.165, 1.54) is 16.2 Å². The zero-order valence-corrected chi connectivity index (χ0v) is 13.2. The summed E-state index contributed by atoms with van der Waals surface area (Å²) in [4.78, 5) is 14.4. The van der Waals surface area contributed by atoms with Crippen LogP contribution < -0.4 is 0 Å². The summed E-state index contributed by atoms with van der Waals surface area (Å²) >= 11 is 1.41. The normalized spacial score (nSPS) is 28.2. The molecule has 2 atom stereocenters. The molecule has 1 fully saturated rings. The zero-order chi connectivity index (χ0) is 15.9. The number of amides is 1. The molecule has 1 spiro atoms. The largest absolute Gasteiger partial charge is 0.465 e. The van der Waals surface area contributed by atoms with Crippen LogP contribution in [0, 0.1) is 0 Å². The average molecular weight is 331 g/mol. The van der Waals surface area contributed by atoms with Gasteiger partial charge in [0.05, 0.1) is 6.61 Å². The molecule has 4 nitrogen and oxygen atoms in total. The fraction of sp³-hybridized carbons (Fsp3) is 0.667. The van der Waals surface area contributed by atoms with Gasteiger partial charge in [0.25, 0.3) is 0 Å². The molecule has 1 N–H and O–H groups in total. The van der Waals surface area contributed by atoms with E-state index in [0.717, 1.165) is 16.9 Å². The number of alkyl halides is 2. The highest BCUT2D eigenvalue weighted by Crippen LogP contribution is 2.47. The molecule has 22 heavy (non-hydrogen) atoms. The molecule has 2 unspecified atom stereocenters. The van der Waals surface area contributed by atoms with Crippen LogP contribution in [-0.2, 0) is 23.2 Å². The monoisotopic (exact) mass is 331 g/mol. The topological polar surface area (TPSA) is 49.8 Å². The molecule has 0 aliphatic carbocycles. The molecule has 1 aromatic rings. The minimum atomic E-state index is -2.34. The van der Waals surface area contributed by atoms with Gasteiger partial charge in [-0.1, -0.05) is 0 Å². The van der Waals surface area contributed by atoms with E-state index < -0.39 is 18.1 Å². The third kappa shape index (κ3) is 2.72. The Bertz CT molecular complexity index is 577. The van der Waals surface area contributed by atoms with E-state index in [0.29, 0.717) is 30.9 Å². The molecule has 1 saturated heterocycles. The van der Waals surface area contributed by atoms with Crippen molar-refractivity contribution in [2.75, 3.05) is 13.2 Å². The summed E-state index contributed by atoms with van der Waals surface area (Å²) in [5, 5.41) is 9.20. The first-order chi connectivity index (χ1) is 10.4. The van der Waals surface area contributed by atoms with Crippen molar-refractivity contribution in [3.8, 4) is 0 Å². The minimum absolute atomic E-state index is 0.141. The number of carbonyl (C=O) groups is 1. The minimum Gasteiger partial charge on any atom is -0.465 e. The lowest BCUT2D eigenvalue weighted by Crippen LogP contribution is -2.51. The first-order valence-corrected chi connectivity index (χ1v) is 8.27. The Labute approximate surface area is 131 Å². The zero-order valence-electron chi connectivity index (χ0n) is 12.3. The standard InChI is InChI=1S/C15H19F2NO3S/c1-9-8-15(3-4-18(9)14(19)20)13-10(2-5-21-15)6-11(22-13)7-12(16)17/h6,9,12H,2-5,7-8H2,1H3,(H,19,20). The molecule has 2 aliphatic heterocycles. The van der Waals surface area contributed by atoms with Crippen LogP contribution >= 0.6 is 11.3 Å². The summed E-state index contributed by atoms with van der Waals surface area (Å²) in [5.41, 5.74) is 0.604. The van der Waals surface area contributed by atoms with Gasteiger partial charge in [0.15, 0.2) is 0 Å². The summed E-state index contributed by atoms with van der Waals surface area (Å²) < 4.78 is 31.3. The second-order valence-corrected chi connectivity index (χ2v) is 7.17. The Morgan fingerprint density at radius 1 is 1.64 bits per heavy atom. The average Bonchev–Trinajstić information content (AvgIpc) is 2.81. The van der Waals surface area contributed by atoms with E-state index in [1.807, 2.05) is 13.0 Å². The lowest BCUT2D eigenvalue weighted by atomic mass is 9.82. The molecule has 122 valence electrons. The molecule has 2 aliphatic rings. The van der Waals surface area contributed by atoms with Crippen molar-refractivity contribution < 1.29 is 23.4 Å². The highest BCUT2D eigenvalue weighted by Gasteiger charge is 2.45. The number of fused-ring (bicyclic) bond motifs is 2. The summed E-state index contributed by atoms with van der Waals surface area (Å²) in [6.07, 6.45) is -1.56. The van der Waals surface area contributed by atoms with Crippen molar-refractivity contribution in [1.82, 2.24) is 4.90 Å². The van der Waals surface area contributed by atoms with Gasteiger partial charge in [-0.05, 0) is 31.4 Å². The number of nitrogens with zero attached hydrogens (tertiary/aromatic N) is 1. The maximum Gasteiger partial charge on any atom is 0.407 e. The number of hydrogen-bond donors (Lipinski definition) is 1. The smallest absolute Gasteiger partial charge is 0.407 e. The summed E-state index contributed by atoms with van der Waals surface area (Å²) in [6, 6.07) is 1.74. The van der Waals surface area contributed by atoms with Crippen LogP contribution in [0.3, 0.4) is 0 Å². The van der Waals surface area contributed by atoms with Crippen molar-refractivity contribution in [2.45, 2.75) is 50.7 Å².